The molecule has 1 fully saturated rings. The molecule has 5 heteroatoms. The predicted molar refractivity (Wildman–Crippen MR) is 96.1 cm³/mol. The minimum Gasteiger partial charge on any atom is -0.358 e. The Hall–Kier alpha value is -2.27. The lowest BCUT2D eigenvalue weighted by molar-refractivity contribution is -0.134. The molecule has 2 heterocycles. The van der Waals surface area contributed by atoms with Gasteiger partial charge in [-0.05, 0) is 23.6 Å². The topological polar surface area (TPSA) is 49.4 Å². The summed E-state index contributed by atoms with van der Waals surface area (Å²) < 4.78 is 0. The fourth-order valence-corrected chi connectivity index (χ4v) is 4.58. The number of carbonyl (C=O) groups is 2. The lowest BCUT2D eigenvalue weighted by Gasteiger charge is -2.38. The number of piperidine rings is 1. The average molecular weight is 338 g/mol. The molecule has 0 spiro atoms. The second kappa shape index (κ2) is 6.32. The molecule has 0 saturated carbocycles. The molecule has 2 aliphatic heterocycles. The Morgan fingerprint density at radius 1 is 1.04 bits per heavy atom. The molecule has 4 rings (SSSR count). The first-order valence-electron chi connectivity index (χ1n) is 8.15. The summed E-state index contributed by atoms with van der Waals surface area (Å²) in [7, 11) is 0. The second-order valence-electron chi connectivity index (χ2n) is 6.03. The van der Waals surface area contributed by atoms with E-state index in [0.29, 0.717) is 12.8 Å². The summed E-state index contributed by atoms with van der Waals surface area (Å²) in [4.78, 5) is 27.1. The molecule has 0 bridgehead atoms. The number of hydrogen-bond acceptors (Lipinski definition) is 4. The summed E-state index contributed by atoms with van der Waals surface area (Å²) in [6, 6.07) is 16.3. The van der Waals surface area contributed by atoms with Gasteiger partial charge in [0.1, 0.15) is 6.04 Å². The van der Waals surface area contributed by atoms with E-state index in [1.807, 2.05) is 36.0 Å². The van der Waals surface area contributed by atoms with Gasteiger partial charge < -0.3 is 4.90 Å². The van der Waals surface area contributed by atoms with E-state index < -0.39 is 0 Å². The number of anilines is 1. The number of nitrogens with zero attached hydrogens (tertiary/aromatic N) is 1. The van der Waals surface area contributed by atoms with Gasteiger partial charge in [-0.25, -0.2) is 0 Å². The minimum absolute atomic E-state index is 0.166. The fraction of sp³-hybridized carbons (Fsp3) is 0.263. The van der Waals surface area contributed by atoms with Crippen LogP contribution in [-0.2, 0) is 9.59 Å². The average Bonchev–Trinajstić information content (AvgIpc) is 2.62. The van der Waals surface area contributed by atoms with Gasteiger partial charge in [0.25, 0.3) is 0 Å². The first-order valence-corrected chi connectivity index (χ1v) is 9.14. The van der Waals surface area contributed by atoms with Gasteiger partial charge in [-0.2, -0.15) is 0 Å². The molecule has 1 N–H and O–H groups in total. The number of amides is 2. The molecule has 2 aliphatic rings. The molecule has 1 atom stereocenters. The first-order chi connectivity index (χ1) is 11.7. The molecular weight excluding hydrogens is 320 g/mol. The molecule has 0 aromatic heterocycles. The van der Waals surface area contributed by atoms with Crippen LogP contribution in [0.1, 0.15) is 12.8 Å². The van der Waals surface area contributed by atoms with Crippen LogP contribution in [0.25, 0.3) is 11.1 Å². The molecule has 122 valence electrons. The molecule has 0 aliphatic carbocycles. The Morgan fingerprint density at radius 3 is 2.67 bits per heavy atom. The van der Waals surface area contributed by atoms with E-state index >= 15 is 0 Å². The Labute approximate surface area is 145 Å². The standard InChI is InChI=1S/C19H18N2O2S/c22-17-10-9-16(19(23)20-17)21-11-12-24-18-14(7-4-8-15(18)21)13-5-2-1-3-6-13/h1-8,16H,9-12H2,(H,20,22,23). The molecule has 0 radical (unpaired) electrons. The highest BCUT2D eigenvalue weighted by atomic mass is 32.2. The van der Waals surface area contributed by atoms with Crippen molar-refractivity contribution in [1.82, 2.24) is 5.32 Å². The third-order valence-electron chi connectivity index (χ3n) is 4.55. The van der Waals surface area contributed by atoms with E-state index in [9.17, 15) is 9.59 Å². The zero-order valence-electron chi connectivity index (χ0n) is 13.2. The summed E-state index contributed by atoms with van der Waals surface area (Å²) in [5.74, 6) is 0.601. The maximum absolute atomic E-state index is 12.3. The summed E-state index contributed by atoms with van der Waals surface area (Å²) in [6.07, 6.45) is 0.998. The van der Waals surface area contributed by atoms with Gasteiger partial charge >= 0.3 is 0 Å². The van der Waals surface area contributed by atoms with Gasteiger partial charge in [-0.3, -0.25) is 14.9 Å². The monoisotopic (exact) mass is 338 g/mol. The van der Waals surface area contributed by atoms with Gasteiger partial charge in [-0.15, -0.1) is 11.8 Å². The van der Waals surface area contributed by atoms with Crippen molar-refractivity contribution in [2.75, 3.05) is 17.2 Å². The molecule has 2 amide bonds. The maximum Gasteiger partial charge on any atom is 0.249 e. The van der Waals surface area contributed by atoms with Crippen LogP contribution in [0.4, 0.5) is 5.69 Å². The predicted octanol–water partition coefficient (Wildman–Crippen LogP) is 3.07. The number of rotatable bonds is 2. The van der Waals surface area contributed by atoms with Gasteiger partial charge in [0, 0.05) is 23.6 Å². The van der Waals surface area contributed by atoms with Gasteiger partial charge in [0.2, 0.25) is 11.8 Å². The normalized spacial score (nSPS) is 20.5. The van der Waals surface area contributed by atoms with Crippen LogP contribution in [0, 0.1) is 0 Å². The van der Waals surface area contributed by atoms with Gasteiger partial charge in [-0.1, -0.05) is 42.5 Å². The van der Waals surface area contributed by atoms with Crippen molar-refractivity contribution >= 4 is 29.3 Å². The summed E-state index contributed by atoms with van der Waals surface area (Å²) in [6.45, 7) is 0.822. The van der Waals surface area contributed by atoms with E-state index in [1.54, 1.807) is 0 Å². The molecule has 4 nitrogen and oxygen atoms in total. The third kappa shape index (κ3) is 2.69. The van der Waals surface area contributed by atoms with Crippen molar-refractivity contribution in [1.29, 1.82) is 0 Å². The Morgan fingerprint density at radius 2 is 1.88 bits per heavy atom. The smallest absolute Gasteiger partial charge is 0.249 e. The fourth-order valence-electron chi connectivity index (χ4n) is 3.42. The number of carbonyl (C=O) groups excluding carboxylic acids is 2. The van der Waals surface area contributed by atoms with Crippen molar-refractivity contribution in [3.05, 3.63) is 48.5 Å². The van der Waals surface area contributed by atoms with Crippen molar-refractivity contribution in [3.8, 4) is 11.1 Å². The second-order valence-corrected chi connectivity index (χ2v) is 7.13. The molecule has 24 heavy (non-hydrogen) atoms. The third-order valence-corrected chi connectivity index (χ3v) is 5.66. The Kier molecular flexibility index (Phi) is 4.02. The number of imide groups is 1. The number of hydrogen-bond donors (Lipinski definition) is 1. The number of benzene rings is 2. The molecule has 1 saturated heterocycles. The van der Waals surface area contributed by atoms with Crippen LogP contribution in [0.3, 0.4) is 0 Å². The Bertz CT molecular complexity index is 791. The van der Waals surface area contributed by atoms with Crippen LogP contribution < -0.4 is 10.2 Å². The van der Waals surface area contributed by atoms with Crippen LogP contribution >= 0.6 is 11.8 Å². The lowest BCUT2D eigenvalue weighted by Crippen LogP contribution is -2.54. The van der Waals surface area contributed by atoms with E-state index in [4.69, 9.17) is 0 Å². The number of fused-ring (bicyclic) bond motifs is 1. The molecule has 2 aromatic rings. The van der Waals surface area contributed by atoms with Gasteiger partial charge in [0.05, 0.1) is 5.69 Å². The van der Waals surface area contributed by atoms with E-state index in [-0.39, 0.29) is 17.9 Å². The molecular formula is C19H18N2O2S. The highest BCUT2D eigenvalue weighted by molar-refractivity contribution is 7.99. The van der Waals surface area contributed by atoms with Crippen molar-refractivity contribution < 1.29 is 9.59 Å². The summed E-state index contributed by atoms with van der Waals surface area (Å²) in [5.41, 5.74) is 3.49. The maximum atomic E-state index is 12.3. The highest BCUT2D eigenvalue weighted by Gasteiger charge is 2.34. The quantitative estimate of drug-likeness (QED) is 0.855. The van der Waals surface area contributed by atoms with Crippen LogP contribution in [0.2, 0.25) is 0 Å². The zero-order chi connectivity index (χ0) is 16.5. The van der Waals surface area contributed by atoms with E-state index in [2.05, 4.69) is 34.5 Å². The van der Waals surface area contributed by atoms with Crippen molar-refractivity contribution in [2.24, 2.45) is 0 Å². The molecule has 2 aromatic carbocycles. The molecule has 1 unspecified atom stereocenters. The number of nitrogens with one attached hydrogen (secondary N) is 1. The zero-order valence-corrected chi connectivity index (χ0v) is 14.0. The van der Waals surface area contributed by atoms with Crippen molar-refractivity contribution in [3.63, 3.8) is 0 Å². The Balaban J connectivity index is 1.74. The minimum atomic E-state index is -0.256. The first kappa shape index (κ1) is 15.3. The van der Waals surface area contributed by atoms with Crippen LogP contribution in [0.15, 0.2) is 53.4 Å². The van der Waals surface area contributed by atoms with Gasteiger partial charge in [0.15, 0.2) is 0 Å². The lowest BCUT2D eigenvalue weighted by atomic mass is 10.0. The number of thioether (sulfide) groups is 1. The summed E-state index contributed by atoms with van der Waals surface area (Å²) >= 11 is 1.84. The van der Waals surface area contributed by atoms with E-state index in [1.165, 1.54) is 16.0 Å². The van der Waals surface area contributed by atoms with E-state index in [0.717, 1.165) is 18.0 Å². The SMILES string of the molecule is O=C1CCC(N2CCSc3c(-c4ccccc4)cccc32)C(=O)N1. The largest absolute Gasteiger partial charge is 0.358 e. The van der Waals surface area contributed by atoms with Crippen molar-refractivity contribution in [2.45, 2.75) is 23.8 Å². The summed E-state index contributed by atoms with van der Waals surface area (Å²) in [5, 5.41) is 2.48. The van der Waals surface area contributed by atoms with Crippen LogP contribution in [0.5, 0.6) is 0 Å². The highest BCUT2D eigenvalue weighted by Crippen LogP contribution is 2.43. The van der Waals surface area contributed by atoms with Crippen LogP contribution in [-0.4, -0.2) is 30.2 Å².